The third-order valence-electron chi connectivity index (χ3n) is 3.09. The molecule has 0 radical (unpaired) electrons. The van der Waals surface area contributed by atoms with E-state index in [0.29, 0.717) is 16.3 Å². The number of carbonyl (C=O) groups excluding carboxylic acids is 1. The summed E-state index contributed by atoms with van der Waals surface area (Å²) < 4.78 is 5.40. The van der Waals surface area contributed by atoms with Crippen molar-refractivity contribution in [2.24, 2.45) is 5.92 Å². The Hall–Kier alpha value is -1.55. The summed E-state index contributed by atoms with van der Waals surface area (Å²) in [4.78, 5) is 23.0. The molecule has 5 heteroatoms. The van der Waals surface area contributed by atoms with Gasteiger partial charge in [-0.3, -0.25) is 4.79 Å². The van der Waals surface area contributed by atoms with Crippen LogP contribution in [0.4, 0.5) is 0 Å². The molecule has 1 saturated carbocycles. The molecule has 0 bridgehead atoms. The van der Waals surface area contributed by atoms with E-state index in [4.69, 9.17) is 21.4 Å². The predicted octanol–water partition coefficient (Wildman–Crippen LogP) is 1.76. The van der Waals surface area contributed by atoms with Crippen molar-refractivity contribution in [3.63, 3.8) is 0 Å². The van der Waals surface area contributed by atoms with Crippen LogP contribution in [0.5, 0.6) is 5.75 Å². The molecular weight excluding hydrogens is 232 g/mol. The fourth-order valence-electron chi connectivity index (χ4n) is 2.11. The van der Waals surface area contributed by atoms with Gasteiger partial charge in [-0.25, -0.2) is 4.79 Å². The molecule has 0 saturated heterocycles. The maximum atomic E-state index is 11.9. The van der Waals surface area contributed by atoms with Crippen LogP contribution in [0.15, 0.2) is 18.2 Å². The summed E-state index contributed by atoms with van der Waals surface area (Å²) in [5.74, 6) is -1.51. The highest BCUT2D eigenvalue weighted by molar-refractivity contribution is 6.31. The van der Waals surface area contributed by atoms with Crippen LogP contribution in [-0.4, -0.2) is 22.5 Å². The molecular formula is C11H7ClO4. The normalized spacial score (nSPS) is 30.1. The summed E-state index contributed by atoms with van der Waals surface area (Å²) in [7, 11) is 0. The number of benzene rings is 1. The van der Waals surface area contributed by atoms with Gasteiger partial charge in [-0.15, -0.1) is 0 Å². The first kappa shape index (κ1) is 9.66. The highest BCUT2D eigenvalue weighted by Crippen LogP contribution is 2.54. The Morgan fingerprint density at radius 1 is 1.56 bits per heavy atom. The summed E-state index contributed by atoms with van der Waals surface area (Å²) in [5.41, 5.74) is -0.940. The first-order valence-corrected chi connectivity index (χ1v) is 5.18. The zero-order chi connectivity index (χ0) is 11.5. The lowest BCUT2D eigenvalue weighted by Crippen LogP contribution is -2.37. The van der Waals surface area contributed by atoms with Gasteiger partial charge in [-0.2, -0.15) is 0 Å². The summed E-state index contributed by atoms with van der Waals surface area (Å²) in [6.07, 6.45) is 0.244. The minimum Gasteiger partial charge on any atom is -0.478 e. The van der Waals surface area contributed by atoms with E-state index in [2.05, 4.69) is 0 Å². The number of hydrogen-bond acceptors (Lipinski definition) is 3. The van der Waals surface area contributed by atoms with Gasteiger partial charge in [-0.1, -0.05) is 11.6 Å². The largest absolute Gasteiger partial charge is 0.478 e. The molecule has 0 spiro atoms. The van der Waals surface area contributed by atoms with Crippen LogP contribution in [0.1, 0.15) is 16.8 Å². The first-order valence-electron chi connectivity index (χ1n) is 4.81. The number of rotatable bonds is 1. The van der Waals surface area contributed by atoms with Crippen LogP contribution in [0.3, 0.4) is 0 Å². The van der Waals surface area contributed by atoms with Gasteiger partial charge in [0, 0.05) is 11.4 Å². The summed E-state index contributed by atoms with van der Waals surface area (Å²) in [6.45, 7) is 0. The van der Waals surface area contributed by atoms with Crippen molar-refractivity contribution in [3.8, 4) is 5.75 Å². The van der Waals surface area contributed by atoms with Crippen LogP contribution >= 0.6 is 11.6 Å². The van der Waals surface area contributed by atoms with Crippen molar-refractivity contribution < 1.29 is 19.4 Å². The van der Waals surface area contributed by atoms with E-state index in [1.165, 1.54) is 12.1 Å². The van der Waals surface area contributed by atoms with Crippen LogP contribution in [0.2, 0.25) is 5.02 Å². The highest BCUT2D eigenvalue weighted by Gasteiger charge is 2.69. The zero-order valence-corrected chi connectivity index (χ0v) is 8.82. The Morgan fingerprint density at radius 2 is 2.31 bits per heavy atom. The number of fused-ring (bicyclic) bond motifs is 2. The number of ketones is 1. The molecule has 82 valence electrons. The molecule has 2 atom stereocenters. The quantitative estimate of drug-likeness (QED) is 0.810. The Kier molecular flexibility index (Phi) is 1.67. The average Bonchev–Trinajstić information content (AvgIpc) is 2.96. The number of carboxylic acids is 1. The van der Waals surface area contributed by atoms with Crippen molar-refractivity contribution in [1.29, 1.82) is 0 Å². The van der Waals surface area contributed by atoms with Gasteiger partial charge in [0.15, 0.2) is 5.78 Å². The molecule has 1 aromatic rings. The molecule has 1 aliphatic heterocycles. The second-order valence-electron chi connectivity index (χ2n) is 4.06. The van der Waals surface area contributed by atoms with Crippen molar-refractivity contribution in [2.75, 3.05) is 0 Å². The van der Waals surface area contributed by atoms with Crippen molar-refractivity contribution >= 4 is 23.4 Å². The lowest BCUT2D eigenvalue weighted by atomic mass is 10.0. The molecule has 2 aliphatic rings. The molecule has 0 unspecified atom stereocenters. The Bertz CT molecular complexity index is 525. The standard InChI is InChI=1S/C11H7ClO4/c12-5-1-2-8-6(3-5)9(13)7-4-11(7,16-8)10(14)15/h1-3,7H,4H2,(H,14,15)/t7-,11+/m1/s1. The fourth-order valence-corrected chi connectivity index (χ4v) is 2.28. The van der Waals surface area contributed by atoms with Crippen molar-refractivity contribution in [2.45, 2.75) is 12.0 Å². The lowest BCUT2D eigenvalue weighted by Gasteiger charge is -2.22. The van der Waals surface area contributed by atoms with Crippen LogP contribution < -0.4 is 4.74 Å². The lowest BCUT2D eigenvalue weighted by molar-refractivity contribution is -0.148. The molecule has 1 fully saturated rings. The zero-order valence-electron chi connectivity index (χ0n) is 8.07. The Balaban J connectivity index is 2.11. The third kappa shape index (κ3) is 1.05. The van der Waals surface area contributed by atoms with E-state index in [0.717, 1.165) is 0 Å². The maximum absolute atomic E-state index is 11.9. The minimum atomic E-state index is -1.32. The van der Waals surface area contributed by atoms with E-state index in [9.17, 15) is 9.59 Å². The topological polar surface area (TPSA) is 63.6 Å². The minimum absolute atomic E-state index is 0.189. The second-order valence-corrected chi connectivity index (χ2v) is 4.49. The molecule has 1 heterocycles. The van der Waals surface area contributed by atoms with E-state index in [1.54, 1.807) is 6.07 Å². The number of aliphatic carboxylic acids is 1. The average molecular weight is 239 g/mol. The number of carbonyl (C=O) groups is 2. The number of carboxylic acid groups (broad SMARTS) is 1. The Morgan fingerprint density at radius 3 is 3.00 bits per heavy atom. The summed E-state index contributed by atoms with van der Waals surface area (Å²) in [5, 5.41) is 9.48. The number of Topliss-reactive ketones (excluding diaryl/α,β-unsaturated/α-hetero) is 1. The van der Waals surface area contributed by atoms with Gasteiger partial charge in [0.25, 0.3) is 0 Å². The van der Waals surface area contributed by atoms with Crippen LogP contribution in [0.25, 0.3) is 0 Å². The first-order chi connectivity index (χ1) is 7.54. The SMILES string of the molecule is O=C1c2cc(Cl)ccc2O[C@@]2(C(=O)O)C[C@H]12. The molecule has 0 amide bonds. The van der Waals surface area contributed by atoms with Gasteiger partial charge in [0.1, 0.15) is 5.75 Å². The number of hydrogen-bond donors (Lipinski definition) is 1. The maximum Gasteiger partial charge on any atom is 0.348 e. The molecule has 3 rings (SSSR count). The third-order valence-corrected chi connectivity index (χ3v) is 3.32. The second kappa shape index (κ2) is 2.77. The van der Waals surface area contributed by atoms with Gasteiger partial charge in [0.05, 0.1) is 11.5 Å². The predicted molar refractivity (Wildman–Crippen MR) is 54.9 cm³/mol. The van der Waals surface area contributed by atoms with Gasteiger partial charge in [-0.05, 0) is 18.2 Å². The van der Waals surface area contributed by atoms with Gasteiger partial charge >= 0.3 is 5.97 Å². The van der Waals surface area contributed by atoms with E-state index < -0.39 is 17.5 Å². The monoisotopic (exact) mass is 238 g/mol. The molecule has 4 nitrogen and oxygen atoms in total. The van der Waals surface area contributed by atoms with Crippen LogP contribution in [0, 0.1) is 5.92 Å². The number of halogens is 1. The molecule has 1 N–H and O–H groups in total. The van der Waals surface area contributed by atoms with Crippen LogP contribution in [-0.2, 0) is 4.79 Å². The number of ether oxygens (including phenoxy) is 1. The van der Waals surface area contributed by atoms with Crippen molar-refractivity contribution in [1.82, 2.24) is 0 Å². The van der Waals surface area contributed by atoms with Crippen molar-refractivity contribution in [3.05, 3.63) is 28.8 Å². The highest BCUT2D eigenvalue weighted by atomic mass is 35.5. The van der Waals surface area contributed by atoms with E-state index >= 15 is 0 Å². The van der Waals surface area contributed by atoms with E-state index in [-0.39, 0.29) is 12.2 Å². The fraction of sp³-hybridized carbons (Fsp3) is 0.273. The Labute approximate surface area is 95.8 Å². The molecule has 1 aromatic carbocycles. The smallest absolute Gasteiger partial charge is 0.348 e. The summed E-state index contributed by atoms with van der Waals surface area (Å²) >= 11 is 5.78. The molecule has 1 aliphatic carbocycles. The van der Waals surface area contributed by atoms with Gasteiger partial charge in [0.2, 0.25) is 5.60 Å². The molecule has 0 aromatic heterocycles. The van der Waals surface area contributed by atoms with E-state index in [1.807, 2.05) is 0 Å². The summed E-state index contributed by atoms with van der Waals surface area (Å²) in [6, 6.07) is 4.63. The molecule has 16 heavy (non-hydrogen) atoms. The van der Waals surface area contributed by atoms with Gasteiger partial charge < -0.3 is 9.84 Å².